The van der Waals surface area contributed by atoms with E-state index >= 15 is 0 Å². The van der Waals surface area contributed by atoms with Gasteiger partial charge in [0.05, 0.1) is 5.88 Å². The van der Waals surface area contributed by atoms with E-state index in [4.69, 9.17) is 5.73 Å². The molecule has 2 amide bonds. The molecule has 2 N–H and O–H groups in total. The molecule has 23 heavy (non-hydrogen) atoms. The number of carbonyl (C=O) groups excluding carboxylic acids is 2. The third kappa shape index (κ3) is 4.34. The van der Waals surface area contributed by atoms with Crippen molar-refractivity contribution in [3.8, 4) is 0 Å². The molecule has 3 atom stereocenters. The van der Waals surface area contributed by atoms with Crippen molar-refractivity contribution in [3.63, 3.8) is 0 Å². The number of nitrogens with two attached hydrogens (primary N) is 1. The number of nitrogens with zero attached hydrogens (tertiary/aromatic N) is 2. The number of rotatable bonds is 3. The number of halogens is 1. The minimum absolute atomic E-state index is 0. The Morgan fingerprint density at radius 1 is 1.39 bits per heavy atom. The molecule has 0 aromatic heterocycles. The maximum absolute atomic E-state index is 12.9. The molecule has 5 nitrogen and oxygen atoms in total. The van der Waals surface area contributed by atoms with Crippen LogP contribution in [0, 0.1) is 11.3 Å². The Labute approximate surface area is 150 Å². The van der Waals surface area contributed by atoms with Crippen LogP contribution in [0.4, 0.5) is 0 Å². The molecule has 0 aromatic rings. The Morgan fingerprint density at radius 3 is 2.61 bits per heavy atom. The van der Waals surface area contributed by atoms with E-state index in [1.165, 1.54) is 0 Å². The van der Waals surface area contributed by atoms with Crippen molar-refractivity contribution in [2.24, 2.45) is 17.1 Å². The van der Waals surface area contributed by atoms with Gasteiger partial charge in [-0.1, -0.05) is 27.7 Å². The smallest absolute Gasteiger partial charge is 0.246 e. The van der Waals surface area contributed by atoms with Gasteiger partial charge in [-0.2, -0.15) is 0 Å². The van der Waals surface area contributed by atoms with Crippen LogP contribution in [0.25, 0.3) is 0 Å². The summed E-state index contributed by atoms with van der Waals surface area (Å²) in [4.78, 5) is 29.1. The lowest BCUT2D eigenvalue weighted by Crippen LogP contribution is -2.58. The number of carbonyl (C=O) groups is 2. The minimum atomic E-state index is -0.295. The van der Waals surface area contributed by atoms with Crippen molar-refractivity contribution in [3.05, 3.63) is 0 Å². The number of piperidine rings is 1. The van der Waals surface area contributed by atoms with E-state index in [9.17, 15) is 9.59 Å². The molecule has 2 aliphatic rings. The largest absolute Gasteiger partial charge is 0.340 e. The second kappa shape index (κ2) is 8.08. The number of hydrogen-bond acceptors (Lipinski definition) is 4. The highest BCUT2D eigenvalue weighted by Crippen LogP contribution is 2.30. The average Bonchev–Trinajstić information content (AvgIpc) is 2.96. The fourth-order valence-electron chi connectivity index (χ4n) is 3.09. The van der Waals surface area contributed by atoms with Gasteiger partial charge < -0.3 is 15.5 Å². The Morgan fingerprint density at radius 2 is 2.04 bits per heavy atom. The van der Waals surface area contributed by atoms with Crippen molar-refractivity contribution in [2.45, 2.75) is 52.6 Å². The summed E-state index contributed by atoms with van der Waals surface area (Å²) in [7, 11) is 0. The van der Waals surface area contributed by atoms with E-state index in [0.717, 1.165) is 12.8 Å². The van der Waals surface area contributed by atoms with Gasteiger partial charge in [-0.15, -0.1) is 24.2 Å². The quantitative estimate of drug-likeness (QED) is 0.832. The zero-order valence-corrected chi connectivity index (χ0v) is 16.2. The highest BCUT2D eigenvalue weighted by molar-refractivity contribution is 7.99. The lowest BCUT2D eigenvalue weighted by Gasteiger charge is -2.44. The highest BCUT2D eigenvalue weighted by atomic mass is 35.5. The zero-order chi connectivity index (χ0) is 16.5. The fourth-order valence-corrected chi connectivity index (χ4v) is 4.25. The molecule has 0 aliphatic carbocycles. The van der Waals surface area contributed by atoms with E-state index in [0.29, 0.717) is 24.7 Å². The van der Waals surface area contributed by atoms with Crippen LogP contribution in [0.1, 0.15) is 40.5 Å². The first-order chi connectivity index (χ1) is 10.3. The van der Waals surface area contributed by atoms with Crippen LogP contribution in [0.2, 0.25) is 0 Å². The van der Waals surface area contributed by atoms with E-state index in [1.54, 1.807) is 16.7 Å². The summed E-state index contributed by atoms with van der Waals surface area (Å²) in [6.07, 6.45) is 1.64. The van der Waals surface area contributed by atoms with Crippen LogP contribution in [0.3, 0.4) is 0 Å². The molecule has 2 saturated heterocycles. The Balaban J connectivity index is 0.00000264. The molecule has 0 saturated carbocycles. The van der Waals surface area contributed by atoms with Gasteiger partial charge >= 0.3 is 0 Å². The minimum Gasteiger partial charge on any atom is -0.340 e. The third-order valence-corrected chi connectivity index (χ3v) is 6.12. The molecule has 0 aromatic carbocycles. The van der Waals surface area contributed by atoms with Crippen LogP contribution in [0.15, 0.2) is 0 Å². The summed E-state index contributed by atoms with van der Waals surface area (Å²) in [5.74, 6) is 1.54. The second-order valence-electron chi connectivity index (χ2n) is 7.28. The first kappa shape index (κ1) is 20.6. The first-order valence-electron chi connectivity index (χ1n) is 8.20. The molecule has 0 spiro atoms. The summed E-state index contributed by atoms with van der Waals surface area (Å²) < 4.78 is 0. The molecule has 2 fully saturated rings. The lowest BCUT2D eigenvalue weighted by atomic mass is 9.79. The molecule has 134 valence electrons. The maximum Gasteiger partial charge on any atom is 0.246 e. The zero-order valence-electron chi connectivity index (χ0n) is 14.6. The Bertz CT molecular complexity index is 447. The van der Waals surface area contributed by atoms with Crippen molar-refractivity contribution in [1.82, 2.24) is 9.80 Å². The topological polar surface area (TPSA) is 66.6 Å². The summed E-state index contributed by atoms with van der Waals surface area (Å²) in [6, 6.07) is -0.163. The molecule has 2 rings (SSSR count). The predicted octanol–water partition coefficient (Wildman–Crippen LogP) is 1.94. The number of likely N-dealkylation sites (tertiary alicyclic amines) is 1. The Kier molecular flexibility index (Phi) is 7.23. The fraction of sp³-hybridized carbons (Fsp3) is 0.875. The average molecular weight is 364 g/mol. The molecular formula is C16H30ClN3O2S. The van der Waals surface area contributed by atoms with Gasteiger partial charge in [0.25, 0.3) is 0 Å². The van der Waals surface area contributed by atoms with E-state index in [2.05, 4.69) is 13.8 Å². The van der Waals surface area contributed by atoms with Crippen LogP contribution < -0.4 is 5.73 Å². The van der Waals surface area contributed by atoms with Crippen LogP contribution >= 0.6 is 24.2 Å². The molecular weight excluding hydrogens is 334 g/mol. The standard InChI is InChI=1S/C16H29N3O2S.ClH/c1-5-11(2)14(20)19-10-22-8-12(19)15(21)18-7-6-13(17)16(3,4)9-18;/h11-13H,5-10,17H2,1-4H3;1H. The summed E-state index contributed by atoms with van der Waals surface area (Å²) >= 11 is 1.67. The normalized spacial score (nSPS) is 28.2. The Hall–Kier alpha value is -0.460. The molecule has 0 radical (unpaired) electrons. The van der Waals surface area contributed by atoms with Gasteiger partial charge in [0.1, 0.15) is 6.04 Å². The van der Waals surface area contributed by atoms with Crippen LogP contribution in [-0.2, 0) is 9.59 Å². The van der Waals surface area contributed by atoms with E-state index < -0.39 is 0 Å². The SMILES string of the molecule is CCC(C)C(=O)N1CSCC1C(=O)N1CCC(N)C(C)(C)C1.Cl. The molecule has 0 bridgehead atoms. The number of hydrogen-bond donors (Lipinski definition) is 1. The highest BCUT2D eigenvalue weighted by Gasteiger charge is 2.42. The van der Waals surface area contributed by atoms with Crippen molar-refractivity contribution in [1.29, 1.82) is 0 Å². The van der Waals surface area contributed by atoms with Gasteiger partial charge in [0.15, 0.2) is 0 Å². The van der Waals surface area contributed by atoms with Crippen LogP contribution in [-0.4, -0.2) is 58.4 Å². The van der Waals surface area contributed by atoms with Gasteiger partial charge in [0, 0.05) is 30.8 Å². The summed E-state index contributed by atoms with van der Waals surface area (Å²) in [5, 5.41) is 0. The first-order valence-corrected chi connectivity index (χ1v) is 9.36. The maximum atomic E-state index is 12.9. The van der Waals surface area contributed by atoms with E-state index in [-0.39, 0.29) is 47.6 Å². The number of amides is 2. The van der Waals surface area contributed by atoms with Gasteiger partial charge in [0.2, 0.25) is 11.8 Å². The van der Waals surface area contributed by atoms with Gasteiger partial charge in [-0.25, -0.2) is 0 Å². The lowest BCUT2D eigenvalue weighted by molar-refractivity contribution is -0.147. The summed E-state index contributed by atoms with van der Waals surface area (Å²) in [5.41, 5.74) is 6.09. The van der Waals surface area contributed by atoms with Crippen molar-refractivity contribution >= 4 is 36.0 Å². The second-order valence-corrected chi connectivity index (χ2v) is 8.28. The number of thioether (sulfide) groups is 1. The van der Waals surface area contributed by atoms with Crippen LogP contribution in [0.5, 0.6) is 0 Å². The predicted molar refractivity (Wildman–Crippen MR) is 97.6 cm³/mol. The molecule has 7 heteroatoms. The van der Waals surface area contributed by atoms with Gasteiger partial charge in [-0.3, -0.25) is 9.59 Å². The monoisotopic (exact) mass is 363 g/mol. The third-order valence-electron chi connectivity index (χ3n) is 5.11. The van der Waals surface area contributed by atoms with Crippen molar-refractivity contribution < 1.29 is 9.59 Å². The van der Waals surface area contributed by atoms with E-state index in [1.807, 2.05) is 18.7 Å². The molecule has 2 aliphatic heterocycles. The van der Waals surface area contributed by atoms with Gasteiger partial charge in [-0.05, 0) is 18.3 Å². The molecule has 2 heterocycles. The van der Waals surface area contributed by atoms with Crippen molar-refractivity contribution in [2.75, 3.05) is 24.7 Å². The molecule has 3 unspecified atom stereocenters. The summed E-state index contributed by atoms with van der Waals surface area (Å²) in [6.45, 7) is 9.56.